The molecule has 0 spiro atoms. The van der Waals surface area contributed by atoms with Gasteiger partial charge in [0.2, 0.25) is 11.8 Å². The minimum absolute atomic E-state index is 0.0134. The van der Waals surface area contributed by atoms with Crippen molar-refractivity contribution in [1.29, 1.82) is 0 Å². The average Bonchev–Trinajstić information content (AvgIpc) is 2.25. The first kappa shape index (κ1) is 11.9. The predicted molar refractivity (Wildman–Crippen MR) is 65.1 cm³/mol. The largest absolute Gasteiger partial charge is 0.470 e. The van der Waals surface area contributed by atoms with E-state index >= 15 is 0 Å². The van der Waals surface area contributed by atoms with Gasteiger partial charge in [0.15, 0.2) is 0 Å². The molecule has 1 aliphatic heterocycles. The number of carbonyl (C=O) groups excluding carboxylic acids is 1. The van der Waals surface area contributed by atoms with Crippen LogP contribution in [0.4, 0.5) is 0 Å². The normalized spacial score (nSPS) is 16.0. The lowest BCUT2D eigenvalue weighted by molar-refractivity contribution is -0.134. The summed E-state index contributed by atoms with van der Waals surface area (Å²) in [5.41, 5.74) is 0. The zero-order valence-electron chi connectivity index (χ0n) is 9.47. The zero-order chi connectivity index (χ0) is 12.3. The Morgan fingerprint density at radius 1 is 1.65 bits per heavy atom. The van der Waals surface area contributed by atoms with Crippen LogP contribution < -0.4 is 4.74 Å². The molecule has 0 saturated carbocycles. The monoisotopic (exact) mass is 252 g/mol. The van der Waals surface area contributed by atoms with E-state index in [-0.39, 0.29) is 12.0 Å². The Morgan fingerprint density at radius 3 is 3.06 bits per heavy atom. The van der Waals surface area contributed by atoms with Gasteiger partial charge in [0.05, 0.1) is 13.1 Å². The highest BCUT2D eigenvalue weighted by atomic mass is 35.5. The molecule has 0 N–H and O–H groups in total. The van der Waals surface area contributed by atoms with E-state index in [2.05, 4.69) is 4.98 Å². The highest BCUT2D eigenvalue weighted by molar-refractivity contribution is 6.31. The van der Waals surface area contributed by atoms with E-state index < -0.39 is 0 Å². The maximum atomic E-state index is 11.4. The van der Waals surface area contributed by atoms with Crippen LogP contribution in [0.15, 0.2) is 30.5 Å². The smallest absolute Gasteiger partial charge is 0.246 e. The fraction of sp³-hybridized carbons (Fsp3) is 0.333. The lowest BCUT2D eigenvalue weighted by Gasteiger charge is -2.38. The first-order valence-electron chi connectivity index (χ1n) is 5.39. The van der Waals surface area contributed by atoms with Gasteiger partial charge < -0.3 is 9.64 Å². The summed E-state index contributed by atoms with van der Waals surface area (Å²) in [6.07, 6.45) is 4.88. The van der Waals surface area contributed by atoms with Crippen LogP contribution in [0, 0.1) is 0 Å². The maximum absolute atomic E-state index is 11.4. The number of hydrogen-bond acceptors (Lipinski definition) is 3. The molecule has 0 radical (unpaired) electrons. The summed E-state index contributed by atoms with van der Waals surface area (Å²) >= 11 is 5.92. The van der Waals surface area contributed by atoms with Crippen LogP contribution in [0.2, 0.25) is 5.02 Å². The molecule has 1 aromatic rings. The van der Waals surface area contributed by atoms with E-state index in [4.69, 9.17) is 16.3 Å². The number of pyridine rings is 1. The van der Waals surface area contributed by atoms with Crippen molar-refractivity contribution in [3.05, 3.63) is 35.5 Å². The van der Waals surface area contributed by atoms with E-state index in [0.717, 1.165) is 0 Å². The predicted octanol–water partition coefficient (Wildman–Crippen LogP) is 1.90. The van der Waals surface area contributed by atoms with Gasteiger partial charge in [0.25, 0.3) is 0 Å². The first-order valence-corrected chi connectivity index (χ1v) is 5.77. The topological polar surface area (TPSA) is 42.4 Å². The second kappa shape index (κ2) is 5.19. The molecule has 0 unspecified atom stereocenters. The summed E-state index contributed by atoms with van der Waals surface area (Å²) in [6, 6.07) is 3.48. The second-order valence-corrected chi connectivity index (χ2v) is 4.18. The van der Waals surface area contributed by atoms with E-state index in [1.807, 2.05) is 6.92 Å². The molecule has 1 aliphatic rings. The molecule has 2 rings (SSSR count). The number of hydrogen-bond donors (Lipinski definition) is 0. The lowest BCUT2D eigenvalue weighted by atomic mass is 10.1. The Morgan fingerprint density at radius 2 is 2.41 bits per heavy atom. The number of halogens is 1. The number of amides is 1. The van der Waals surface area contributed by atoms with E-state index in [1.165, 1.54) is 0 Å². The number of ether oxygens (including phenoxy) is 1. The molecular formula is C12H13ClN2O2. The third-order valence-corrected chi connectivity index (χ3v) is 2.76. The van der Waals surface area contributed by atoms with Crippen LogP contribution in [0.3, 0.4) is 0 Å². The van der Waals surface area contributed by atoms with Crippen LogP contribution in [0.5, 0.6) is 5.88 Å². The quantitative estimate of drug-likeness (QED) is 0.772. The molecular weight excluding hydrogens is 240 g/mol. The molecule has 90 valence electrons. The molecule has 0 aromatic carbocycles. The van der Waals surface area contributed by atoms with Crippen molar-refractivity contribution in [2.45, 2.75) is 13.0 Å². The summed E-state index contributed by atoms with van der Waals surface area (Å²) in [4.78, 5) is 17.2. The molecule has 5 heteroatoms. The van der Waals surface area contributed by atoms with E-state index in [9.17, 15) is 4.79 Å². The van der Waals surface area contributed by atoms with Crippen molar-refractivity contribution >= 4 is 17.5 Å². The van der Waals surface area contributed by atoms with Gasteiger partial charge in [-0.15, -0.1) is 0 Å². The minimum atomic E-state index is -0.0170. The highest BCUT2D eigenvalue weighted by Crippen LogP contribution is 2.23. The van der Waals surface area contributed by atoms with Crippen LogP contribution >= 0.6 is 11.6 Å². The van der Waals surface area contributed by atoms with Crippen LogP contribution in [-0.4, -0.2) is 35.0 Å². The molecule has 0 bridgehead atoms. The van der Waals surface area contributed by atoms with E-state index in [0.29, 0.717) is 24.0 Å². The SMILES string of the molecule is C/C=C/C(=O)N1CC(Oc2ncccc2Cl)C1. The number of allylic oxidation sites excluding steroid dienone is 1. The number of likely N-dealkylation sites (tertiary alicyclic amines) is 1. The van der Waals surface area contributed by atoms with Crippen molar-refractivity contribution in [2.24, 2.45) is 0 Å². The third kappa shape index (κ3) is 2.77. The van der Waals surface area contributed by atoms with Gasteiger partial charge in [-0.1, -0.05) is 17.7 Å². The summed E-state index contributed by atoms with van der Waals surface area (Å²) in [7, 11) is 0. The first-order chi connectivity index (χ1) is 8.20. The summed E-state index contributed by atoms with van der Waals surface area (Å²) < 4.78 is 5.58. The average molecular weight is 253 g/mol. The van der Waals surface area contributed by atoms with Crippen molar-refractivity contribution in [2.75, 3.05) is 13.1 Å². The highest BCUT2D eigenvalue weighted by Gasteiger charge is 2.31. The summed E-state index contributed by atoms with van der Waals surface area (Å²) in [5, 5.41) is 0.491. The lowest BCUT2D eigenvalue weighted by Crippen LogP contribution is -2.55. The van der Waals surface area contributed by atoms with Gasteiger partial charge >= 0.3 is 0 Å². The van der Waals surface area contributed by atoms with Gasteiger partial charge in [-0.3, -0.25) is 4.79 Å². The minimum Gasteiger partial charge on any atom is -0.470 e. The Kier molecular flexibility index (Phi) is 3.64. The van der Waals surface area contributed by atoms with E-state index in [1.54, 1.807) is 35.4 Å². The third-order valence-electron chi connectivity index (χ3n) is 2.47. The molecule has 0 aliphatic carbocycles. The molecule has 1 amide bonds. The van der Waals surface area contributed by atoms with Gasteiger partial charge in [-0.25, -0.2) is 4.98 Å². The number of nitrogens with zero attached hydrogens (tertiary/aromatic N) is 2. The number of aromatic nitrogens is 1. The Labute approximate surface area is 105 Å². The van der Waals surface area contributed by atoms with Crippen LogP contribution in [0.1, 0.15) is 6.92 Å². The Balaban J connectivity index is 1.85. The fourth-order valence-electron chi connectivity index (χ4n) is 1.56. The van der Waals surface area contributed by atoms with Crippen molar-refractivity contribution in [3.63, 3.8) is 0 Å². The Hall–Kier alpha value is -1.55. The molecule has 1 saturated heterocycles. The van der Waals surface area contributed by atoms with Crippen molar-refractivity contribution < 1.29 is 9.53 Å². The molecule has 2 heterocycles. The van der Waals surface area contributed by atoms with Gasteiger partial charge in [-0.2, -0.15) is 0 Å². The summed E-state index contributed by atoms with van der Waals surface area (Å²) in [5.74, 6) is 0.441. The van der Waals surface area contributed by atoms with Crippen molar-refractivity contribution in [1.82, 2.24) is 9.88 Å². The Bertz CT molecular complexity index is 442. The molecule has 17 heavy (non-hydrogen) atoms. The van der Waals surface area contributed by atoms with Gasteiger partial charge in [-0.05, 0) is 25.1 Å². The molecule has 1 aromatic heterocycles. The molecule has 0 atom stereocenters. The summed E-state index contributed by atoms with van der Waals surface area (Å²) in [6.45, 7) is 2.98. The standard InChI is InChI=1S/C12H13ClN2O2/c1-2-4-11(16)15-7-9(8-15)17-12-10(13)5-3-6-14-12/h2-6,9H,7-8H2,1H3/b4-2+. The van der Waals surface area contributed by atoms with Gasteiger partial charge in [0, 0.05) is 6.20 Å². The van der Waals surface area contributed by atoms with Crippen molar-refractivity contribution in [3.8, 4) is 5.88 Å². The maximum Gasteiger partial charge on any atom is 0.246 e. The molecule has 1 fully saturated rings. The van der Waals surface area contributed by atoms with Gasteiger partial charge in [0.1, 0.15) is 11.1 Å². The zero-order valence-corrected chi connectivity index (χ0v) is 10.2. The number of carbonyl (C=O) groups is 1. The second-order valence-electron chi connectivity index (χ2n) is 3.77. The van der Waals surface area contributed by atoms with Crippen LogP contribution in [0.25, 0.3) is 0 Å². The number of rotatable bonds is 3. The molecule has 4 nitrogen and oxygen atoms in total. The fourth-order valence-corrected chi connectivity index (χ4v) is 1.72. The van der Waals surface area contributed by atoms with Crippen LogP contribution in [-0.2, 0) is 4.79 Å².